The van der Waals surface area contributed by atoms with Crippen LogP contribution in [0.4, 0.5) is 0 Å². The number of ether oxygens (including phenoxy) is 1. The minimum absolute atomic E-state index is 0.0149. The van der Waals surface area contributed by atoms with Crippen LogP contribution in [0.2, 0.25) is 5.02 Å². The quantitative estimate of drug-likeness (QED) is 0.344. The lowest BCUT2D eigenvalue weighted by molar-refractivity contribution is -0.137. The van der Waals surface area contributed by atoms with Crippen molar-refractivity contribution in [2.45, 2.75) is 68.5 Å². The van der Waals surface area contributed by atoms with Gasteiger partial charge in [-0.3, -0.25) is 4.79 Å². The maximum Gasteiger partial charge on any atom is 0.303 e. The number of aliphatic hydroxyl groups excluding tert-OH is 3. The first kappa shape index (κ1) is 24.3. The van der Waals surface area contributed by atoms with E-state index < -0.39 is 24.3 Å². The Bertz CT molecular complexity index is 614. The van der Waals surface area contributed by atoms with Crippen molar-refractivity contribution >= 4 is 29.3 Å². The first-order valence-corrected chi connectivity index (χ1v) is 11.6. The fourth-order valence-corrected chi connectivity index (χ4v) is 5.22. The summed E-state index contributed by atoms with van der Waals surface area (Å²) in [4.78, 5) is 10.5. The predicted octanol–water partition coefficient (Wildman–Crippen LogP) is 3.35. The van der Waals surface area contributed by atoms with Crippen LogP contribution in [0.15, 0.2) is 24.3 Å². The molecule has 1 aliphatic carbocycles. The van der Waals surface area contributed by atoms with Crippen LogP contribution in [0.25, 0.3) is 0 Å². The zero-order valence-corrected chi connectivity index (χ0v) is 18.0. The van der Waals surface area contributed by atoms with Crippen molar-refractivity contribution in [2.24, 2.45) is 5.92 Å². The molecule has 0 spiro atoms. The predicted molar refractivity (Wildman–Crippen MR) is 115 cm³/mol. The van der Waals surface area contributed by atoms with Crippen LogP contribution in [0, 0.1) is 5.92 Å². The summed E-state index contributed by atoms with van der Waals surface area (Å²) in [7, 11) is 0. The van der Waals surface area contributed by atoms with Gasteiger partial charge in [-0.1, -0.05) is 30.9 Å². The normalized spacial score (nSPS) is 25.1. The summed E-state index contributed by atoms with van der Waals surface area (Å²) >= 11 is 7.32. The number of aliphatic hydroxyl groups is 3. The first-order valence-electron chi connectivity index (χ1n) is 10.1. The van der Waals surface area contributed by atoms with Crippen LogP contribution in [-0.2, 0) is 4.79 Å². The molecule has 0 saturated heterocycles. The van der Waals surface area contributed by atoms with Gasteiger partial charge in [0.25, 0.3) is 0 Å². The molecule has 8 heteroatoms. The Kier molecular flexibility index (Phi) is 10.6. The Hall–Kier alpha value is -0.990. The summed E-state index contributed by atoms with van der Waals surface area (Å²) < 4.78 is 5.56. The first-order chi connectivity index (χ1) is 13.9. The van der Waals surface area contributed by atoms with Crippen molar-refractivity contribution in [2.75, 3.05) is 12.4 Å². The number of carbonyl (C=O) groups is 1. The van der Waals surface area contributed by atoms with Gasteiger partial charge in [0, 0.05) is 28.9 Å². The van der Waals surface area contributed by atoms with Crippen LogP contribution in [0.3, 0.4) is 0 Å². The number of hydrogen-bond acceptors (Lipinski definition) is 6. The van der Waals surface area contributed by atoms with Crippen molar-refractivity contribution in [1.29, 1.82) is 0 Å². The van der Waals surface area contributed by atoms with Gasteiger partial charge >= 0.3 is 5.97 Å². The van der Waals surface area contributed by atoms with E-state index in [0.717, 1.165) is 25.7 Å². The number of aliphatic carboxylic acids is 1. The van der Waals surface area contributed by atoms with Gasteiger partial charge in [-0.2, -0.15) is 11.8 Å². The highest BCUT2D eigenvalue weighted by Crippen LogP contribution is 2.39. The molecule has 5 atom stereocenters. The van der Waals surface area contributed by atoms with Crippen LogP contribution in [0.1, 0.15) is 44.9 Å². The molecule has 0 bridgehead atoms. The average molecular weight is 447 g/mol. The Labute approximate surface area is 181 Å². The van der Waals surface area contributed by atoms with E-state index in [1.165, 1.54) is 11.8 Å². The minimum atomic E-state index is -0.769. The molecular weight excluding hydrogens is 416 g/mol. The second-order valence-electron chi connectivity index (χ2n) is 7.60. The van der Waals surface area contributed by atoms with Crippen molar-refractivity contribution in [1.82, 2.24) is 0 Å². The maximum absolute atomic E-state index is 10.5. The summed E-state index contributed by atoms with van der Waals surface area (Å²) in [5.74, 6) is 0.265. The molecule has 0 radical (unpaired) electrons. The lowest BCUT2D eigenvalue weighted by atomic mass is 9.97. The average Bonchev–Trinajstić information content (AvgIpc) is 2.94. The number of rotatable bonds is 13. The summed E-state index contributed by atoms with van der Waals surface area (Å²) in [5, 5.41) is 40.0. The molecule has 1 aromatic rings. The number of halogens is 1. The molecule has 1 aromatic carbocycles. The standard InChI is InChI=1S/C21H31ClO6S/c22-14-7-9-16(10-8-14)28-12-15(23)13-29-21-17(18(24)11-19(21)25)5-3-1-2-4-6-20(26)27/h7-10,15,17-19,21,23-25H,1-6,11-13H2,(H,26,27)/t15?,17-,18?,19?,21+/m0/s1. The van der Waals surface area contributed by atoms with Crippen molar-refractivity contribution in [3.63, 3.8) is 0 Å². The number of thioether (sulfide) groups is 1. The Balaban J connectivity index is 1.70. The molecule has 1 saturated carbocycles. The summed E-state index contributed by atoms with van der Waals surface area (Å²) in [5.41, 5.74) is 0. The van der Waals surface area contributed by atoms with Crippen LogP contribution >= 0.6 is 23.4 Å². The van der Waals surface area contributed by atoms with Crippen LogP contribution in [-0.4, -0.2) is 62.3 Å². The van der Waals surface area contributed by atoms with Gasteiger partial charge in [0.2, 0.25) is 0 Å². The van der Waals surface area contributed by atoms with E-state index in [0.29, 0.717) is 29.4 Å². The zero-order chi connectivity index (χ0) is 21.2. The summed E-state index contributed by atoms with van der Waals surface area (Å²) in [6.07, 6.45) is 2.88. The van der Waals surface area contributed by atoms with E-state index in [1.807, 2.05) is 0 Å². The Morgan fingerprint density at radius 1 is 1.14 bits per heavy atom. The van der Waals surface area contributed by atoms with E-state index in [-0.39, 0.29) is 24.2 Å². The highest BCUT2D eigenvalue weighted by Gasteiger charge is 2.41. The molecule has 29 heavy (non-hydrogen) atoms. The van der Waals surface area contributed by atoms with E-state index >= 15 is 0 Å². The number of carboxylic acids is 1. The van der Waals surface area contributed by atoms with Gasteiger partial charge in [0.1, 0.15) is 12.4 Å². The van der Waals surface area contributed by atoms with Gasteiger partial charge in [-0.15, -0.1) is 0 Å². The van der Waals surface area contributed by atoms with E-state index in [2.05, 4.69) is 0 Å². The molecule has 4 N–H and O–H groups in total. The number of carboxylic acid groups (broad SMARTS) is 1. The second-order valence-corrected chi connectivity index (χ2v) is 9.25. The smallest absolute Gasteiger partial charge is 0.303 e. The summed E-state index contributed by atoms with van der Waals surface area (Å²) in [6.45, 7) is 0.147. The third-order valence-corrected chi connectivity index (χ3v) is 7.07. The highest BCUT2D eigenvalue weighted by molar-refractivity contribution is 8.00. The third kappa shape index (κ3) is 8.72. The molecule has 0 heterocycles. The topological polar surface area (TPSA) is 107 Å². The summed E-state index contributed by atoms with van der Waals surface area (Å²) in [6, 6.07) is 6.93. The molecule has 0 aliphatic heterocycles. The van der Waals surface area contributed by atoms with Crippen molar-refractivity contribution in [3.05, 3.63) is 29.3 Å². The van der Waals surface area contributed by atoms with Crippen molar-refractivity contribution in [3.8, 4) is 5.75 Å². The van der Waals surface area contributed by atoms with E-state index in [1.54, 1.807) is 24.3 Å². The molecule has 1 aliphatic rings. The number of hydrogen-bond donors (Lipinski definition) is 4. The zero-order valence-electron chi connectivity index (χ0n) is 16.5. The largest absolute Gasteiger partial charge is 0.491 e. The Morgan fingerprint density at radius 3 is 2.52 bits per heavy atom. The molecule has 0 aromatic heterocycles. The highest BCUT2D eigenvalue weighted by atomic mass is 35.5. The lowest BCUT2D eigenvalue weighted by Gasteiger charge is -2.24. The molecule has 0 amide bonds. The van der Waals surface area contributed by atoms with Gasteiger partial charge in [-0.25, -0.2) is 0 Å². The number of benzene rings is 1. The molecule has 6 nitrogen and oxygen atoms in total. The van der Waals surface area contributed by atoms with Gasteiger partial charge in [-0.05, 0) is 43.0 Å². The second kappa shape index (κ2) is 12.6. The molecule has 2 rings (SSSR count). The maximum atomic E-state index is 10.5. The number of unbranched alkanes of at least 4 members (excludes halogenated alkanes) is 3. The third-order valence-electron chi connectivity index (χ3n) is 5.19. The van der Waals surface area contributed by atoms with Crippen LogP contribution in [0.5, 0.6) is 5.75 Å². The van der Waals surface area contributed by atoms with Crippen molar-refractivity contribution < 1.29 is 30.0 Å². The molecular formula is C21H31ClO6S. The minimum Gasteiger partial charge on any atom is -0.491 e. The van der Waals surface area contributed by atoms with Gasteiger partial charge in [0.15, 0.2) is 0 Å². The van der Waals surface area contributed by atoms with E-state index in [9.17, 15) is 20.1 Å². The molecule has 164 valence electrons. The SMILES string of the molecule is O=C(O)CCCCCC[C@H]1C(O)CC(O)[C@@H]1SCC(O)COc1ccc(Cl)cc1. The monoisotopic (exact) mass is 446 g/mol. The molecule has 3 unspecified atom stereocenters. The molecule has 1 fully saturated rings. The lowest BCUT2D eigenvalue weighted by Crippen LogP contribution is -2.28. The van der Waals surface area contributed by atoms with E-state index in [4.69, 9.17) is 21.4 Å². The van der Waals surface area contributed by atoms with Crippen LogP contribution < -0.4 is 4.74 Å². The van der Waals surface area contributed by atoms with Gasteiger partial charge in [0.05, 0.1) is 18.3 Å². The van der Waals surface area contributed by atoms with Gasteiger partial charge < -0.3 is 25.2 Å². The fraction of sp³-hybridized carbons (Fsp3) is 0.667. The fourth-order valence-electron chi connectivity index (χ4n) is 3.66. The Morgan fingerprint density at radius 2 is 1.83 bits per heavy atom.